The Morgan fingerprint density at radius 2 is 1.73 bits per heavy atom. The Kier molecular flexibility index (Phi) is 7.59. The summed E-state index contributed by atoms with van der Waals surface area (Å²) in [6, 6.07) is 12.9. The largest absolute Gasteiger partial charge is 0.342 e. The molecule has 3 N–H and O–H groups in total. The second kappa shape index (κ2) is 10.7. The Hall–Kier alpha value is -2.45. The first-order chi connectivity index (χ1) is 17.8. The van der Waals surface area contributed by atoms with E-state index >= 15 is 0 Å². The molecule has 8 heteroatoms. The Morgan fingerprint density at radius 1 is 1.00 bits per heavy atom. The van der Waals surface area contributed by atoms with Gasteiger partial charge in [0.2, 0.25) is 10.0 Å². The van der Waals surface area contributed by atoms with Crippen LogP contribution in [0.3, 0.4) is 0 Å². The number of nitrogens with one attached hydrogen (secondary N) is 3. The van der Waals surface area contributed by atoms with Crippen LogP contribution in [0.5, 0.6) is 0 Å². The molecule has 1 heterocycles. The first-order valence-electron chi connectivity index (χ1n) is 13.9. The van der Waals surface area contributed by atoms with Gasteiger partial charge in [0, 0.05) is 13.1 Å². The summed E-state index contributed by atoms with van der Waals surface area (Å²) in [6.45, 7) is 0. The molecule has 0 radical (unpaired) electrons. The van der Waals surface area contributed by atoms with Crippen LogP contribution in [0.1, 0.15) is 77.0 Å². The van der Waals surface area contributed by atoms with Gasteiger partial charge in [0.25, 0.3) is 5.91 Å². The fraction of sp³-hybridized carbons (Fsp3) is 0.586. The highest BCUT2D eigenvalue weighted by atomic mass is 32.2. The number of nitrogens with zero attached hydrogens (tertiary/aromatic N) is 1. The number of sulfonamides is 1. The molecule has 0 aromatic heterocycles. The predicted octanol–water partition coefficient (Wildman–Crippen LogP) is 5.16. The molecule has 200 valence electrons. The van der Waals surface area contributed by atoms with Crippen molar-refractivity contribution in [1.29, 1.82) is 5.41 Å². The number of carbonyl (C=O) groups excluding carboxylic acids is 1. The van der Waals surface area contributed by atoms with Gasteiger partial charge in [-0.15, -0.1) is 0 Å². The normalized spacial score (nSPS) is 27.5. The van der Waals surface area contributed by atoms with E-state index in [0.29, 0.717) is 23.7 Å². The number of rotatable bonds is 8. The fourth-order valence-corrected chi connectivity index (χ4v) is 8.14. The second-order valence-corrected chi connectivity index (χ2v) is 13.2. The number of amides is 1. The van der Waals surface area contributed by atoms with E-state index < -0.39 is 15.6 Å². The smallest absolute Gasteiger partial charge is 0.254 e. The quantitative estimate of drug-likeness (QED) is 0.444. The number of hydrogen-bond acceptors (Lipinski definition) is 4. The predicted molar refractivity (Wildman–Crippen MR) is 147 cm³/mol. The Labute approximate surface area is 220 Å². The van der Waals surface area contributed by atoms with Crippen molar-refractivity contribution in [2.45, 2.75) is 93.5 Å². The maximum absolute atomic E-state index is 13.4. The number of fused-ring (bicyclic) bond motifs is 1. The van der Waals surface area contributed by atoms with Gasteiger partial charge in [-0.1, -0.05) is 75.3 Å². The number of guanidine groups is 1. The van der Waals surface area contributed by atoms with Crippen molar-refractivity contribution in [1.82, 2.24) is 14.9 Å². The van der Waals surface area contributed by atoms with Gasteiger partial charge in [-0.2, -0.15) is 0 Å². The first kappa shape index (κ1) is 26.2. The minimum Gasteiger partial charge on any atom is -0.342 e. The lowest BCUT2D eigenvalue weighted by Crippen LogP contribution is -2.50. The summed E-state index contributed by atoms with van der Waals surface area (Å²) >= 11 is 0. The standard InChI is InChI=1S/C29H40N4O3S/c1-33-27(34)29(31-28(33)30,17-16-21-8-3-2-4-9-21)20-22-10-7-13-25(18-22)32-37(35,36)26-15-14-23-11-5-6-12-24(23)19-26/h5-6,11-12,14-15,19,21-22,25,32H,2-4,7-10,13,16-18,20H2,1H3,(H2,30,31)/t22-,25+,29+/m0/s1. The molecule has 2 aliphatic carbocycles. The SMILES string of the molecule is CN1C(=N)N[C@](CCC2CCCCC2)(C[C@H]2CCC[C@@H](NS(=O)(=O)c3ccc4ccccc4c3)C2)C1=O. The van der Waals surface area contributed by atoms with Crippen LogP contribution in [-0.4, -0.2) is 43.8 Å². The van der Waals surface area contributed by atoms with E-state index in [1.165, 1.54) is 37.0 Å². The highest BCUT2D eigenvalue weighted by molar-refractivity contribution is 7.89. The zero-order chi connectivity index (χ0) is 26.0. The maximum Gasteiger partial charge on any atom is 0.254 e. The van der Waals surface area contributed by atoms with E-state index in [1.54, 1.807) is 19.2 Å². The second-order valence-electron chi connectivity index (χ2n) is 11.5. The minimum absolute atomic E-state index is 0.00724. The molecular formula is C29H40N4O3S. The lowest BCUT2D eigenvalue weighted by Gasteiger charge is -2.36. The molecule has 3 fully saturated rings. The van der Waals surface area contributed by atoms with Crippen molar-refractivity contribution < 1.29 is 13.2 Å². The Bertz CT molecular complexity index is 1260. The van der Waals surface area contributed by atoms with E-state index in [4.69, 9.17) is 5.41 Å². The molecule has 1 aliphatic heterocycles. The van der Waals surface area contributed by atoms with Crippen LogP contribution in [0, 0.1) is 17.2 Å². The number of benzene rings is 2. The fourth-order valence-electron chi connectivity index (χ4n) is 6.82. The lowest BCUT2D eigenvalue weighted by atomic mass is 9.74. The van der Waals surface area contributed by atoms with Crippen molar-refractivity contribution in [2.75, 3.05) is 7.05 Å². The average molecular weight is 525 g/mol. The molecule has 2 saturated carbocycles. The van der Waals surface area contributed by atoms with Crippen LogP contribution in [0.4, 0.5) is 0 Å². The van der Waals surface area contributed by atoms with Crippen molar-refractivity contribution in [3.05, 3.63) is 42.5 Å². The molecule has 5 rings (SSSR count). The van der Waals surface area contributed by atoms with Gasteiger partial charge in [0.15, 0.2) is 5.96 Å². The van der Waals surface area contributed by atoms with Crippen molar-refractivity contribution >= 4 is 32.7 Å². The van der Waals surface area contributed by atoms with Crippen LogP contribution in [0.15, 0.2) is 47.4 Å². The van der Waals surface area contributed by atoms with Crippen molar-refractivity contribution in [3.8, 4) is 0 Å². The van der Waals surface area contributed by atoms with Crippen LogP contribution in [0.25, 0.3) is 10.8 Å². The van der Waals surface area contributed by atoms with Crippen LogP contribution in [-0.2, 0) is 14.8 Å². The van der Waals surface area contributed by atoms with E-state index in [9.17, 15) is 13.2 Å². The van der Waals surface area contributed by atoms with Gasteiger partial charge in [0.1, 0.15) is 5.54 Å². The van der Waals surface area contributed by atoms with E-state index in [2.05, 4.69) is 10.0 Å². The van der Waals surface area contributed by atoms with Crippen LogP contribution < -0.4 is 10.0 Å². The van der Waals surface area contributed by atoms with Gasteiger partial charge in [-0.05, 0) is 66.8 Å². The van der Waals surface area contributed by atoms with Gasteiger partial charge in [-0.3, -0.25) is 15.1 Å². The van der Waals surface area contributed by atoms with Crippen LogP contribution in [0.2, 0.25) is 0 Å². The third-order valence-corrected chi connectivity index (χ3v) is 10.4. The summed E-state index contributed by atoms with van der Waals surface area (Å²) in [4.78, 5) is 15.1. The third kappa shape index (κ3) is 5.70. The van der Waals surface area contributed by atoms with Crippen molar-refractivity contribution in [3.63, 3.8) is 0 Å². The van der Waals surface area contributed by atoms with Gasteiger partial charge in [-0.25, -0.2) is 13.1 Å². The van der Waals surface area contributed by atoms with Gasteiger partial charge < -0.3 is 5.32 Å². The summed E-state index contributed by atoms with van der Waals surface area (Å²) in [5, 5.41) is 13.5. The number of likely N-dealkylation sites (N-methyl/N-ethyl adjacent to an activating group) is 1. The molecule has 7 nitrogen and oxygen atoms in total. The molecule has 3 aliphatic rings. The molecule has 2 aromatic carbocycles. The molecule has 1 saturated heterocycles. The molecular weight excluding hydrogens is 484 g/mol. The van der Waals surface area contributed by atoms with E-state index in [0.717, 1.165) is 42.9 Å². The third-order valence-electron chi connectivity index (χ3n) is 8.88. The molecule has 2 aromatic rings. The molecule has 3 atom stereocenters. The topological polar surface area (TPSA) is 102 Å². The molecule has 0 unspecified atom stereocenters. The summed E-state index contributed by atoms with van der Waals surface area (Å²) in [5.41, 5.74) is -0.743. The summed E-state index contributed by atoms with van der Waals surface area (Å²) in [6.07, 6.45) is 12.1. The molecule has 0 bridgehead atoms. The van der Waals surface area contributed by atoms with Crippen molar-refractivity contribution in [2.24, 2.45) is 11.8 Å². The monoisotopic (exact) mass is 524 g/mol. The maximum atomic E-state index is 13.4. The summed E-state index contributed by atoms with van der Waals surface area (Å²) in [5.74, 6) is 1.05. The summed E-state index contributed by atoms with van der Waals surface area (Å²) < 4.78 is 29.5. The average Bonchev–Trinajstić information content (AvgIpc) is 3.11. The molecule has 37 heavy (non-hydrogen) atoms. The highest BCUT2D eigenvalue weighted by Crippen LogP contribution is 2.38. The zero-order valence-corrected chi connectivity index (χ0v) is 22.7. The van der Waals surface area contributed by atoms with E-state index in [-0.39, 0.29) is 23.8 Å². The Morgan fingerprint density at radius 3 is 2.46 bits per heavy atom. The molecule has 1 amide bonds. The zero-order valence-electron chi connectivity index (χ0n) is 21.8. The highest BCUT2D eigenvalue weighted by Gasteiger charge is 2.49. The first-order valence-corrected chi connectivity index (χ1v) is 15.4. The number of hydrogen-bond donors (Lipinski definition) is 3. The minimum atomic E-state index is -3.65. The van der Waals surface area contributed by atoms with Gasteiger partial charge >= 0.3 is 0 Å². The number of carbonyl (C=O) groups is 1. The Balaban J connectivity index is 1.27. The van der Waals surface area contributed by atoms with Crippen LogP contribution >= 0.6 is 0 Å². The lowest BCUT2D eigenvalue weighted by molar-refractivity contribution is -0.131. The summed E-state index contributed by atoms with van der Waals surface area (Å²) in [7, 11) is -1.96. The van der Waals surface area contributed by atoms with E-state index in [1.807, 2.05) is 30.3 Å². The molecule has 0 spiro atoms. The van der Waals surface area contributed by atoms with Gasteiger partial charge in [0.05, 0.1) is 4.90 Å².